The number of piperidine rings is 1. The van der Waals surface area contributed by atoms with Crippen LogP contribution >= 0.6 is 0 Å². The number of ether oxygens (including phenoxy) is 2. The van der Waals surface area contributed by atoms with E-state index in [1.54, 1.807) is 35.5 Å². The fraction of sp³-hybridized carbons (Fsp3) is 0.500. The first-order chi connectivity index (χ1) is 33.4. The van der Waals surface area contributed by atoms with Gasteiger partial charge in [-0.3, -0.25) is 19.8 Å². The van der Waals surface area contributed by atoms with Crippen molar-refractivity contribution in [3.63, 3.8) is 0 Å². The van der Waals surface area contributed by atoms with Crippen molar-refractivity contribution >= 4 is 53.9 Å². The van der Waals surface area contributed by atoms with Crippen molar-refractivity contribution in [3.8, 4) is 11.5 Å². The van der Waals surface area contributed by atoms with E-state index in [0.29, 0.717) is 59.8 Å². The smallest absolute Gasteiger partial charge is 0.312 e. The van der Waals surface area contributed by atoms with Gasteiger partial charge in [-0.2, -0.15) is 0 Å². The first-order valence-corrected chi connectivity index (χ1v) is 27.9. The minimum absolute atomic E-state index is 0.0476. The number of carbonyl (C=O) groups excluding carboxylic acids is 1. The zero-order chi connectivity index (χ0) is 47.3. The van der Waals surface area contributed by atoms with Crippen LogP contribution in [0.3, 0.4) is 0 Å². The molecule has 4 saturated heterocycles. The molecule has 17 nitrogen and oxygen atoms in total. The van der Waals surface area contributed by atoms with Gasteiger partial charge in [-0.25, -0.2) is 31.7 Å². The molecule has 11 rings (SSSR count). The van der Waals surface area contributed by atoms with Gasteiger partial charge in [0.2, 0.25) is 5.82 Å². The number of aromatic amines is 1. The Morgan fingerprint density at radius 1 is 0.957 bits per heavy atom. The second-order valence-electron chi connectivity index (χ2n) is 20.0. The number of benzene rings is 2. The molecule has 2 aromatic carbocycles. The Labute approximate surface area is 402 Å². The third-order valence-electron chi connectivity index (χ3n) is 15.4. The lowest BCUT2D eigenvalue weighted by molar-refractivity contribution is -0.384. The van der Waals surface area contributed by atoms with Crippen LogP contribution in [-0.2, 0) is 24.5 Å². The van der Waals surface area contributed by atoms with Crippen LogP contribution in [0.4, 0.5) is 17.2 Å². The Bertz CT molecular complexity index is 2990. The van der Waals surface area contributed by atoms with E-state index in [4.69, 9.17) is 9.47 Å². The first-order valence-electron chi connectivity index (χ1n) is 24.5. The standard InChI is InChI=1S/C50H59N9O8S2/c60-49(56-69(64,65)40-26-45(59(61)62)48(54-31-40)53-29-38-13-11-35(32-66-38)55-68(63)22-3-4-23-68)43-14-12-36(25-46(43)67-39-24-34-15-18-51-47(34)52-30-39)57-20-16-50(17-21-57)27-37(28-50)58-19-5-8-44(58)42-7-2-1-6-41(42)33-9-10-33/h1-2,6-7,12,14-15,18,24-26,30-31,33,35,37-38,44H,3-5,8-11,13,16-17,19-23,27-29,32H2,(H,51,52)(H,53,54)(H,56,60)/t35-,38?,44-/m1/s1. The number of pyridine rings is 2. The topological polar surface area (TPSA) is 214 Å². The summed E-state index contributed by atoms with van der Waals surface area (Å²) in [6.07, 6.45) is 16.7. The van der Waals surface area contributed by atoms with Crippen LogP contribution in [0, 0.1) is 15.5 Å². The quantitative estimate of drug-likeness (QED) is 0.0704. The molecule has 6 fully saturated rings. The third-order valence-corrected chi connectivity index (χ3v) is 19.2. The average Bonchev–Trinajstić information content (AvgIpc) is 3.64. The summed E-state index contributed by atoms with van der Waals surface area (Å²) in [6.45, 7) is 3.32. The SMILES string of the molecule is O=C(NS(=O)(=O)c1cnc(NCC2CC[C@@H](N=S3(=O)CCCC3)CO2)c([N+](=O)[O-])c1)c1ccc(N2CCC3(CC2)CC(N2CCC[C@@H]2c2ccccc2C2CC2)C3)cc1Oc1cnc2[nH]ccc2c1. The van der Waals surface area contributed by atoms with Crippen molar-refractivity contribution in [1.29, 1.82) is 0 Å². The van der Waals surface area contributed by atoms with Crippen molar-refractivity contribution in [2.24, 2.45) is 9.78 Å². The maximum atomic E-state index is 14.0. The number of H-pyrrole nitrogens is 1. The molecular weight excluding hydrogens is 919 g/mol. The summed E-state index contributed by atoms with van der Waals surface area (Å²) in [5.41, 5.74) is 4.30. The number of hydrogen-bond donors (Lipinski definition) is 3. The number of nitrogens with zero attached hydrogens (tertiary/aromatic N) is 6. The van der Waals surface area contributed by atoms with E-state index < -0.39 is 41.2 Å². The van der Waals surface area contributed by atoms with Crippen LogP contribution in [0.5, 0.6) is 11.5 Å². The highest BCUT2D eigenvalue weighted by atomic mass is 32.2. The lowest BCUT2D eigenvalue weighted by Gasteiger charge is -2.56. The molecule has 0 radical (unpaired) electrons. The van der Waals surface area contributed by atoms with Crippen LogP contribution in [-0.4, -0.2) is 106 Å². The molecule has 1 amide bonds. The largest absolute Gasteiger partial charge is 0.455 e. The van der Waals surface area contributed by atoms with Gasteiger partial charge in [0.1, 0.15) is 22.0 Å². The first kappa shape index (κ1) is 45.8. The Kier molecular flexibility index (Phi) is 12.3. The van der Waals surface area contributed by atoms with Gasteiger partial charge in [-0.1, -0.05) is 24.3 Å². The van der Waals surface area contributed by atoms with Crippen LogP contribution in [0.25, 0.3) is 11.0 Å². The minimum Gasteiger partial charge on any atom is -0.455 e. The van der Waals surface area contributed by atoms with Gasteiger partial charge in [0.25, 0.3) is 15.9 Å². The van der Waals surface area contributed by atoms with Crippen molar-refractivity contribution in [1.82, 2.24) is 24.6 Å². The van der Waals surface area contributed by atoms with E-state index in [-0.39, 0.29) is 35.8 Å². The number of hydrogen-bond acceptors (Lipinski definition) is 14. The molecule has 6 aliphatic rings. The van der Waals surface area contributed by atoms with E-state index in [2.05, 4.69) is 63.4 Å². The van der Waals surface area contributed by atoms with Crippen molar-refractivity contribution in [3.05, 3.63) is 106 Å². The van der Waals surface area contributed by atoms with E-state index in [0.717, 1.165) is 74.6 Å². The molecule has 3 atom stereocenters. The summed E-state index contributed by atoms with van der Waals surface area (Å²) in [4.78, 5) is 41.7. The van der Waals surface area contributed by atoms with Crippen LogP contribution in [0.2, 0.25) is 0 Å². The van der Waals surface area contributed by atoms with E-state index in [9.17, 15) is 27.5 Å². The van der Waals surface area contributed by atoms with Crippen molar-refractivity contribution < 1.29 is 31.8 Å². The predicted molar refractivity (Wildman–Crippen MR) is 263 cm³/mol. The summed E-state index contributed by atoms with van der Waals surface area (Å²) in [7, 11) is -6.82. The Hall–Kier alpha value is -5.63. The van der Waals surface area contributed by atoms with Gasteiger partial charge in [0, 0.05) is 82.4 Å². The highest BCUT2D eigenvalue weighted by Crippen LogP contribution is 2.55. The lowest BCUT2D eigenvalue weighted by atomic mass is 9.59. The molecule has 3 N–H and O–H groups in total. The maximum Gasteiger partial charge on any atom is 0.312 e. The number of aromatic nitrogens is 3. The van der Waals surface area contributed by atoms with Gasteiger partial charge in [0.05, 0.1) is 41.6 Å². The molecule has 364 valence electrons. The number of likely N-dealkylation sites (tertiary alicyclic amines) is 1. The van der Waals surface area contributed by atoms with Crippen LogP contribution in [0.1, 0.15) is 110 Å². The summed E-state index contributed by atoms with van der Waals surface area (Å²) in [5, 5.41) is 16.0. The lowest BCUT2D eigenvalue weighted by Crippen LogP contribution is -2.54. The minimum atomic E-state index is -4.66. The van der Waals surface area contributed by atoms with Crippen LogP contribution < -0.4 is 19.7 Å². The molecule has 7 heterocycles. The number of amides is 1. The van der Waals surface area contributed by atoms with Crippen molar-refractivity contribution in [2.75, 3.05) is 54.5 Å². The summed E-state index contributed by atoms with van der Waals surface area (Å²) >= 11 is 0. The number of nitrogens with one attached hydrogen (secondary N) is 3. The number of nitro groups is 1. The summed E-state index contributed by atoms with van der Waals surface area (Å²) < 4.78 is 59.5. The zero-order valence-electron chi connectivity index (χ0n) is 38.6. The van der Waals surface area contributed by atoms with Gasteiger partial charge < -0.3 is 24.7 Å². The third kappa shape index (κ3) is 9.66. The number of carbonyl (C=O) groups is 1. The second-order valence-corrected chi connectivity index (χ2v) is 24.3. The number of fused-ring (bicyclic) bond motifs is 1. The van der Waals surface area contributed by atoms with Crippen molar-refractivity contribution in [2.45, 2.75) is 112 Å². The summed E-state index contributed by atoms with van der Waals surface area (Å²) in [6, 6.07) is 19.7. The van der Waals surface area contributed by atoms with E-state index in [1.807, 2.05) is 12.1 Å². The Morgan fingerprint density at radius 3 is 2.51 bits per heavy atom. The molecule has 5 aromatic rings. The van der Waals surface area contributed by atoms with Gasteiger partial charge in [-0.05, 0) is 130 Å². The molecule has 69 heavy (non-hydrogen) atoms. The monoisotopic (exact) mass is 977 g/mol. The number of sulfonamides is 1. The molecule has 4 aliphatic heterocycles. The fourth-order valence-corrected chi connectivity index (χ4v) is 14.9. The molecule has 2 aliphatic carbocycles. The Balaban J connectivity index is 0.760. The van der Waals surface area contributed by atoms with E-state index >= 15 is 0 Å². The number of rotatable bonds is 14. The van der Waals surface area contributed by atoms with E-state index in [1.165, 1.54) is 44.7 Å². The zero-order valence-corrected chi connectivity index (χ0v) is 40.2. The van der Waals surface area contributed by atoms with Gasteiger partial charge >= 0.3 is 5.69 Å². The normalized spacial score (nSPS) is 23.7. The molecular formula is C50H59N9O8S2. The fourth-order valence-electron chi connectivity index (χ4n) is 11.5. The predicted octanol–water partition coefficient (Wildman–Crippen LogP) is 8.46. The van der Waals surface area contributed by atoms with Gasteiger partial charge in [0.15, 0.2) is 0 Å². The van der Waals surface area contributed by atoms with Gasteiger partial charge in [-0.15, -0.1) is 0 Å². The maximum absolute atomic E-state index is 14.0. The number of anilines is 2. The molecule has 19 heteroatoms. The molecule has 1 spiro atoms. The Morgan fingerprint density at radius 2 is 1.75 bits per heavy atom. The molecule has 2 saturated carbocycles. The average molecular weight is 978 g/mol. The second kappa shape index (κ2) is 18.6. The molecule has 1 unspecified atom stereocenters. The summed E-state index contributed by atoms with van der Waals surface area (Å²) in [5.74, 6) is 1.36. The molecule has 0 bridgehead atoms. The highest BCUT2D eigenvalue weighted by Gasteiger charge is 2.50. The highest BCUT2D eigenvalue weighted by molar-refractivity contribution is 7.93. The molecule has 3 aromatic heterocycles. The van der Waals surface area contributed by atoms with Crippen LogP contribution in [0.15, 0.2) is 88.5 Å².